The number of likely N-dealkylation sites (N-methyl/N-ethyl adjacent to an activating group) is 1. The van der Waals surface area contributed by atoms with Crippen molar-refractivity contribution in [1.29, 1.82) is 0 Å². The van der Waals surface area contributed by atoms with Crippen molar-refractivity contribution in [2.45, 2.75) is 78.5 Å². The number of nitrogens with zero attached hydrogens (tertiary/aromatic N) is 1. The van der Waals surface area contributed by atoms with Crippen molar-refractivity contribution in [3.05, 3.63) is 65.2 Å². The fourth-order valence-electron chi connectivity index (χ4n) is 3.97. The topological polar surface area (TPSA) is 108 Å². The molecule has 2 aromatic rings. The largest absolute Gasteiger partial charge is 0.508 e. The third kappa shape index (κ3) is 9.12. The van der Waals surface area contributed by atoms with E-state index in [1.807, 2.05) is 37.3 Å². The van der Waals surface area contributed by atoms with Crippen molar-refractivity contribution in [1.82, 2.24) is 15.5 Å². The van der Waals surface area contributed by atoms with Crippen LogP contribution in [0.3, 0.4) is 0 Å². The minimum Gasteiger partial charge on any atom is -0.508 e. The number of nitrogens with one attached hydrogen (secondary N) is 2. The summed E-state index contributed by atoms with van der Waals surface area (Å²) in [6.07, 6.45) is 1.25. The molecule has 0 aliphatic rings. The molecule has 0 bridgehead atoms. The highest BCUT2D eigenvalue weighted by atomic mass is 16.6. The summed E-state index contributed by atoms with van der Waals surface area (Å²) < 4.78 is 5.43. The van der Waals surface area contributed by atoms with Crippen LogP contribution in [-0.2, 0) is 20.7 Å². The summed E-state index contributed by atoms with van der Waals surface area (Å²) in [6, 6.07) is 12.4. The molecule has 2 aromatic carbocycles. The van der Waals surface area contributed by atoms with E-state index in [0.717, 1.165) is 18.4 Å². The molecular weight excluding hydrogens is 470 g/mol. The fraction of sp³-hybridized carbons (Fsp3) is 0.483. The first-order valence-electron chi connectivity index (χ1n) is 12.9. The minimum atomic E-state index is -0.957. The Bertz CT molecular complexity index is 1050. The Morgan fingerprint density at radius 2 is 1.73 bits per heavy atom. The summed E-state index contributed by atoms with van der Waals surface area (Å²) in [4.78, 5) is 41.6. The first-order valence-corrected chi connectivity index (χ1v) is 12.9. The molecule has 2 atom stereocenters. The molecule has 0 saturated carbocycles. The highest BCUT2D eigenvalue weighted by Gasteiger charge is 2.35. The van der Waals surface area contributed by atoms with Gasteiger partial charge in [0.05, 0.1) is 0 Å². The van der Waals surface area contributed by atoms with Gasteiger partial charge >= 0.3 is 6.09 Å². The lowest BCUT2D eigenvalue weighted by Gasteiger charge is -2.34. The van der Waals surface area contributed by atoms with Crippen LogP contribution in [0, 0.1) is 6.92 Å². The van der Waals surface area contributed by atoms with Gasteiger partial charge in [0.25, 0.3) is 0 Å². The van der Waals surface area contributed by atoms with Crippen LogP contribution >= 0.6 is 0 Å². The molecule has 0 saturated heterocycles. The maximum absolute atomic E-state index is 14.0. The molecule has 0 heterocycles. The highest BCUT2D eigenvalue weighted by molar-refractivity contribution is 5.92. The molecule has 0 aliphatic heterocycles. The molecular formula is C29H41N3O5. The van der Waals surface area contributed by atoms with Gasteiger partial charge in [-0.25, -0.2) is 4.79 Å². The van der Waals surface area contributed by atoms with Crippen molar-refractivity contribution < 1.29 is 24.2 Å². The molecule has 202 valence electrons. The number of aromatic hydroxyl groups is 1. The Morgan fingerprint density at radius 1 is 1.05 bits per heavy atom. The number of amides is 3. The van der Waals surface area contributed by atoms with Gasteiger partial charge in [0.2, 0.25) is 11.8 Å². The maximum Gasteiger partial charge on any atom is 0.408 e. The third-order valence-corrected chi connectivity index (χ3v) is 5.82. The second-order valence-corrected chi connectivity index (χ2v) is 10.1. The summed E-state index contributed by atoms with van der Waals surface area (Å²) >= 11 is 0. The molecule has 8 nitrogen and oxygen atoms in total. The molecule has 0 aliphatic carbocycles. The molecule has 37 heavy (non-hydrogen) atoms. The maximum atomic E-state index is 14.0. The zero-order valence-corrected chi connectivity index (χ0v) is 22.8. The summed E-state index contributed by atoms with van der Waals surface area (Å²) in [5.41, 5.74) is 1.30. The highest BCUT2D eigenvalue weighted by Crippen LogP contribution is 2.27. The number of ether oxygens (including phenoxy) is 1. The quantitative estimate of drug-likeness (QED) is 0.381. The standard InChI is InChI=1S/C29H41N3O5/c1-7-9-17-30-26(34)25(22-15-16-24(33)20(3)18-22)32(8-2)27(35)23(19-21-13-11-10-12-14-21)31-28(36)37-29(4,5)6/h10-16,18,23,25,33H,7-9,17,19H2,1-6H3,(H,30,34)(H,31,36). The Morgan fingerprint density at radius 3 is 2.30 bits per heavy atom. The van der Waals surface area contributed by atoms with Gasteiger partial charge in [-0.15, -0.1) is 0 Å². The van der Waals surface area contributed by atoms with Gasteiger partial charge in [-0.1, -0.05) is 49.7 Å². The van der Waals surface area contributed by atoms with Crippen molar-refractivity contribution in [2.75, 3.05) is 13.1 Å². The SMILES string of the molecule is CCCCNC(=O)C(c1ccc(O)c(C)c1)N(CC)C(=O)C(Cc1ccccc1)NC(=O)OC(C)(C)C. The van der Waals surface area contributed by atoms with Crippen LogP contribution in [0.25, 0.3) is 0 Å². The van der Waals surface area contributed by atoms with Crippen LogP contribution in [0.5, 0.6) is 5.75 Å². The Hall–Kier alpha value is -3.55. The average Bonchev–Trinajstić information content (AvgIpc) is 2.83. The van der Waals surface area contributed by atoms with Gasteiger partial charge < -0.3 is 25.4 Å². The Labute approximate surface area is 220 Å². The van der Waals surface area contributed by atoms with E-state index >= 15 is 0 Å². The number of rotatable bonds is 11. The smallest absolute Gasteiger partial charge is 0.408 e. The summed E-state index contributed by atoms with van der Waals surface area (Å²) in [7, 11) is 0. The molecule has 8 heteroatoms. The predicted molar refractivity (Wildman–Crippen MR) is 144 cm³/mol. The van der Waals surface area contributed by atoms with Crippen molar-refractivity contribution in [3.63, 3.8) is 0 Å². The number of alkyl carbamates (subject to hydrolysis) is 1. The van der Waals surface area contributed by atoms with Crippen LogP contribution in [0.15, 0.2) is 48.5 Å². The monoisotopic (exact) mass is 511 g/mol. The van der Waals surface area contributed by atoms with Gasteiger partial charge in [0, 0.05) is 19.5 Å². The predicted octanol–water partition coefficient (Wildman–Crippen LogP) is 4.64. The van der Waals surface area contributed by atoms with Crippen LogP contribution < -0.4 is 10.6 Å². The lowest BCUT2D eigenvalue weighted by Crippen LogP contribution is -2.53. The first kappa shape index (κ1) is 29.7. The van der Waals surface area contributed by atoms with Crippen molar-refractivity contribution in [2.24, 2.45) is 0 Å². The second-order valence-electron chi connectivity index (χ2n) is 10.1. The molecule has 0 radical (unpaired) electrons. The second kappa shape index (κ2) is 13.7. The zero-order chi connectivity index (χ0) is 27.6. The number of phenolic OH excluding ortho intramolecular Hbond substituents is 1. The lowest BCUT2D eigenvalue weighted by atomic mass is 9.99. The van der Waals surface area contributed by atoms with Gasteiger partial charge in [-0.05, 0) is 69.9 Å². The van der Waals surface area contributed by atoms with E-state index < -0.39 is 29.7 Å². The van der Waals surface area contributed by atoms with E-state index in [1.165, 1.54) is 11.0 Å². The molecule has 0 spiro atoms. The minimum absolute atomic E-state index is 0.108. The van der Waals surface area contributed by atoms with E-state index in [-0.39, 0.29) is 24.6 Å². The normalized spacial score (nSPS) is 12.8. The number of carbonyl (C=O) groups is 3. The summed E-state index contributed by atoms with van der Waals surface area (Å²) in [5, 5.41) is 15.7. The van der Waals surface area contributed by atoms with E-state index in [1.54, 1.807) is 46.8 Å². The first-order chi connectivity index (χ1) is 17.5. The Kier molecular flexibility index (Phi) is 11.0. The van der Waals surface area contributed by atoms with E-state index in [0.29, 0.717) is 17.7 Å². The lowest BCUT2D eigenvalue weighted by molar-refractivity contribution is -0.142. The van der Waals surface area contributed by atoms with Crippen LogP contribution in [-0.4, -0.2) is 52.6 Å². The molecule has 2 rings (SSSR count). The van der Waals surface area contributed by atoms with E-state index in [9.17, 15) is 19.5 Å². The van der Waals surface area contributed by atoms with Gasteiger partial charge in [-0.3, -0.25) is 9.59 Å². The third-order valence-electron chi connectivity index (χ3n) is 5.82. The summed E-state index contributed by atoms with van der Waals surface area (Å²) in [5.74, 6) is -0.611. The fourth-order valence-corrected chi connectivity index (χ4v) is 3.97. The number of hydrogen-bond acceptors (Lipinski definition) is 5. The molecule has 2 unspecified atom stereocenters. The van der Waals surface area contributed by atoms with Gasteiger partial charge in [0.1, 0.15) is 23.4 Å². The van der Waals surface area contributed by atoms with Gasteiger partial charge in [0.15, 0.2) is 0 Å². The van der Waals surface area contributed by atoms with Crippen LogP contribution in [0.4, 0.5) is 4.79 Å². The molecule has 3 amide bonds. The Balaban J connectivity index is 2.46. The number of hydrogen-bond donors (Lipinski definition) is 3. The molecule has 0 fully saturated rings. The van der Waals surface area contributed by atoms with Gasteiger partial charge in [-0.2, -0.15) is 0 Å². The van der Waals surface area contributed by atoms with Crippen LogP contribution in [0.2, 0.25) is 0 Å². The zero-order valence-electron chi connectivity index (χ0n) is 22.8. The summed E-state index contributed by atoms with van der Waals surface area (Å²) in [6.45, 7) is 11.5. The molecule has 3 N–H and O–H groups in total. The number of carbonyl (C=O) groups excluding carboxylic acids is 3. The van der Waals surface area contributed by atoms with E-state index in [4.69, 9.17) is 4.74 Å². The molecule has 0 aromatic heterocycles. The number of aryl methyl sites for hydroxylation is 1. The van der Waals surface area contributed by atoms with Crippen LogP contribution in [0.1, 0.15) is 70.2 Å². The number of benzene rings is 2. The van der Waals surface area contributed by atoms with Crippen molar-refractivity contribution >= 4 is 17.9 Å². The van der Waals surface area contributed by atoms with Crippen molar-refractivity contribution in [3.8, 4) is 5.75 Å². The number of phenols is 1. The average molecular weight is 512 g/mol. The van der Waals surface area contributed by atoms with E-state index in [2.05, 4.69) is 10.6 Å². The number of unbranched alkanes of at least 4 members (excludes halogenated alkanes) is 1.